The first-order chi connectivity index (χ1) is 5.83. The van der Waals surface area contributed by atoms with Crippen molar-refractivity contribution in [2.24, 2.45) is 5.73 Å². The van der Waals surface area contributed by atoms with Crippen molar-refractivity contribution in [2.75, 3.05) is 0 Å². The molecule has 2 aromatic rings. The minimum Gasteiger partial charge on any atom is -0.464 e. The zero-order valence-electron chi connectivity index (χ0n) is 6.87. The Balaban J connectivity index is 2.80. The Morgan fingerprint density at radius 3 is 3.08 bits per heavy atom. The summed E-state index contributed by atoms with van der Waals surface area (Å²) in [5.41, 5.74) is 8.48. The van der Waals surface area contributed by atoms with Gasteiger partial charge in [0.15, 0.2) is 0 Å². The summed E-state index contributed by atoms with van der Waals surface area (Å²) in [5, 5.41) is 1.03. The van der Waals surface area contributed by atoms with Crippen LogP contribution in [0.2, 0.25) is 0 Å². The van der Waals surface area contributed by atoms with Gasteiger partial charge in [0, 0.05) is 35.5 Å². The van der Waals surface area contributed by atoms with Crippen LogP contribution >= 0.6 is 0 Å². The molecule has 3 heteroatoms. The molecule has 3 nitrogen and oxygen atoms in total. The number of hydrogen-bond acceptors (Lipinski definition) is 3. The number of rotatable bonds is 1. The Morgan fingerprint density at radius 1 is 1.50 bits per heavy atom. The summed E-state index contributed by atoms with van der Waals surface area (Å²) in [4.78, 5) is 4.08. The highest BCUT2D eigenvalue weighted by Crippen LogP contribution is 2.22. The molecule has 0 unspecified atom stereocenters. The molecule has 2 rings (SSSR count). The summed E-state index contributed by atoms with van der Waals surface area (Å²) in [7, 11) is 0. The van der Waals surface area contributed by atoms with E-state index in [1.807, 2.05) is 6.92 Å². The third-order valence-corrected chi connectivity index (χ3v) is 1.96. The highest BCUT2D eigenvalue weighted by molar-refractivity contribution is 5.82. The standard InChI is InChI=1S/C9H10N2O/c1-6-3-11-4-8-7(2-10)5-12-9(6)8/h3-5H,2,10H2,1H3. The van der Waals surface area contributed by atoms with Gasteiger partial charge in [-0.3, -0.25) is 4.98 Å². The van der Waals surface area contributed by atoms with Crippen LogP contribution in [0, 0.1) is 6.92 Å². The van der Waals surface area contributed by atoms with Crippen molar-refractivity contribution >= 4 is 11.0 Å². The number of hydrogen-bond donors (Lipinski definition) is 1. The van der Waals surface area contributed by atoms with Gasteiger partial charge in [0.05, 0.1) is 6.26 Å². The minimum atomic E-state index is 0.498. The molecular formula is C9H10N2O. The van der Waals surface area contributed by atoms with Gasteiger partial charge in [0.1, 0.15) is 5.58 Å². The highest BCUT2D eigenvalue weighted by Gasteiger charge is 2.05. The molecule has 0 radical (unpaired) electrons. The lowest BCUT2D eigenvalue weighted by molar-refractivity contribution is 0.608. The van der Waals surface area contributed by atoms with Crippen molar-refractivity contribution < 1.29 is 4.42 Å². The number of nitrogens with two attached hydrogens (primary N) is 1. The number of pyridine rings is 1. The van der Waals surface area contributed by atoms with E-state index >= 15 is 0 Å². The zero-order valence-corrected chi connectivity index (χ0v) is 6.87. The van der Waals surface area contributed by atoms with E-state index in [1.165, 1.54) is 0 Å². The summed E-state index contributed by atoms with van der Waals surface area (Å²) >= 11 is 0. The van der Waals surface area contributed by atoms with Gasteiger partial charge in [-0.1, -0.05) is 0 Å². The fraction of sp³-hybridized carbons (Fsp3) is 0.222. The molecule has 0 atom stereocenters. The second-order valence-corrected chi connectivity index (χ2v) is 2.80. The molecule has 62 valence electrons. The molecule has 0 aliphatic heterocycles. The highest BCUT2D eigenvalue weighted by atomic mass is 16.3. The average molecular weight is 162 g/mol. The van der Waals surface area contributed by atoms with E-state index in [9.17, 15) is 0 Å². The third-order valence-electron chi connectivity index (χ3n) is 1.96. The maximum atomic E-state index is 5.52. The second-order valence-electron chi connectivity index (χ2n) is 2.80. The molecule has 0 spiro atoms. The van der Waals surface area contributed by atoms with Crippen LogP contribution in [-0.2, 0) is 6.54 Å². The molecule has 2 aromatic heterocycles. The summed E-state index contributed by atoms with van der Waals surface area (Å²) in [6, 6.07) is 0. The van der Waals surface area contributed by atoms with Crippen LogP contribution in [0.1, 0.15) is 11.1 Å². The number of aromatic nitrogens is 1. The molecule has 0 aliphatic carbocycles. The summed E-state index contributed by atoms with van der Waals surface area (Å²) < 4.78 is 5.35. The Kier molecular flexibility index (Phi) is 1.59. The van der Waals surface area contributed by atoms with Gasteiger partial charge < -0.3 is 10.2 Å². The van der Waals surface area contributed by atoms with E-state index in [2.05, 4.69) is 4.98 Å². The Hall–Kier alpha value is -1.35. The lowest BCUT2D eigenvalue weighted by atomic mass is 10.2. The van der Waals surface area contributed by atoms with Crippen LogP contribution in [0.25, 0.3) is 11.0 Å². The van der Waals surface area contributed by atoms with Crippen LogP contribution in [0.3, 0.4) is 0 Å². The second kappa shape index (κ2) is 2.60. The van der Waals surface area contributed by atoms with E-state index < -0.39 is 0 Å². The predicted octanol–water partition coefficient (Wildman–Crippen LogP) is 1.59. The topological polar surface area (TPSA) is 52.0 Å². The normalized spacial score (nSPS) is 10.8. The zero-order chi connectivity index (χ0) is 8.55. The van der Waals surface area contributed by atoms with Gasteiger partial charge in [0.2, 0.25) is 0 Å². The lowest BCUT2D eigenvalue weighted by Gasteiger charge is -1.93. The number of fused-ring (bicyclic) bond motifs is 1. The summed E-state index contributed by atoms with van der Waals surface area (Å²) in [5.74, 6) is 0. The predicted molar refractivity (Wildman–Crippen MR) is 46.6 cm³/mol. The van der Waals surface area contributed by atoms with Gasteiger partial charge in [-0.2, -0.15) is 0 Å². The van der Waals surface area contributed by atoms with E-state index in [0.717, 1.165) is 22.1 Å². The molecule has 0 bridgehead atoms. The van der Waals surface area contributed by atoms with Crippen molar-refractivity contribution in [3.63, 3.8) is 0 Å². The largest absolute Gasteiger partial charge is 0.464 e. The maximum absolute atomic E-state index is 5.52. The van der Waals surface area contributed by atoms with Crippen molar-refractivity contribution in [1.29, 1.82) is 0 Å². The quantitative estimate of drug-likeness (QED) is 0.692. The number of furan rings is 1. The maximum Gasteiger partial charge on any atom is 0.140 e. The fourth-order valence-electron chi connectivity index (χ4n) is 1.29. The van der Waals surface area contributed by atoms with Crippen molar-refractivity contribution in [3.05, 3.63) is 29.8 Å². The molecule has 0 saturated carbocycles. The van der Waals surface area contributed by atoms with Gasteiger partial charge >= 0.3 is 0 Å². The van der Waals surface area contributed by atoms with Gasteiger partial charge in [-0.05, 0) is 6.92 Å². The SMILES string of the molecule is Cc1cncc2c(CN)coc12. The first-order valence-electron chi connectivity index (χ1n) is 3.83. The molecule has 12 heavy (non-hydrogen) atoms. The van der Waals surface area contributed by atoms with E-state index in [0.29, 0.717) is 6.54 Å². The van der Waals surface area contributed by atoms with Crippen molar-refractivity contribution in [3.8, 4) is 0 Å². The molecule has 0 aromatic carbocycles. The molecule has 0 saturated heterocycles. The summed E-state index contributed by atoms with van der Waals surface area (Å²) in [6.45, 7) is 2.47. The van der Waals surface area contributed by atoms with Crippen LogP contribution in [0.5, 0.6) is 0 Å². The molecule has 0 fully saturated rings. The van der Waals surface area contributed by atoms with Gasteiger partial charge in [-0.25, -0.2) is 0 Å². The van der Waals surface area contributed by atoms with E-state index in [-0.39, 0.29) is 0 Å². The van der Waals surface area contributed by atoms with Crippen LogP contribution < -0.4 is 5.73 Å². The number of aryl methyl sites for hydroxylation is 1. The molecule has 0 aliphatic rings. The number of nitrogens with zero attached hydrogens (tertiary/aromatic N) is 1. The third kappa shape index (κ3) is 0.905. The Morgan fingerprint density at radius 2 is 2.33 bits per heavy atom. The summed E-state index contributed by atoms with van der Waals surface area (Å²) in [6.07, 6.45) is 5.26. The first-order valence-corrected chi connectivity index (χ1v) is 3.83. The van der Waals surface area contributed by atoms with Crippen molar-refractivity contribution in [1.82, 2.24) is 4.98 Å². The van der Waals surface area contributed by atoms with E-state index in [1.54, 1.807) is 18.7 Å². The Labute approximate surface area is 70.2 Å². The fourth-order valence-corrected chi connectivity index (χ4v) is 1.29. The smallest absolute Gasteiger partial charge is 0.140 e. The minimum absolute atomic E-state index is 0.498. The Bertz CT molecular complexity index is 406. The van der Waals surface area contributed by atoms with Crippen LogP contribution in [-0.4, -0.2) is 4.98 Å². The monoisotopic (exact) mass is 162 g/mol. The van der Waals surface area contributed by atoms with E-state index in [4.69, 9.17) is 10.2 Å². The average Bonchev–Trinajstić information content (AvgIpc) is 2.49. The van der Waals surface area contributed by atoms with Crippen molar-refractivity contribution in [2.45, 2.75) is 13.5 Å². The molecule has 0 amide bonds. The molecule has 2 N–H and O–H groups in total. The molecular weight excluding hydrogens is 152 g/mol. The first kappa shape index (κ1) is 7.31. The lowest BCUT2D eigenvalue weighted by Crippen LogP contribution is -1.94. The van der Waals surface area contributed by atoms with Gasteiger partial charge in [0.25, 0.3) is 0 Å². The molecule has 2 heterocycles. The van der Waals surface area contributed by atoms with Crippen LogP contribution in [0.4, 0.5) is 0 Å². The van der Waals surface area contributed by atoms with Crippen LogP contribution in [0.15, 0.2) is 23.1 Å². The van der Waals surface area contributed by atoms with Gasteiger partial charge in [-0.15, -0.1) is 0 Å².